The molecule has 0 radical (unpaired) electrons. The minimum Gasteiger partial charge on any atom is -0.490 e. The lowest BCUT2D eigenvalue weighted by Crippen LogP contribution is -2.53. The number of nitrogens with one attached hydrogen (secondary N) is 1. The largest absolute Gasteiger partial charge is 0.490 e. The minimum absolute atomic E-state index is 0.0747. The third-order valence-electron chi connectivity index (χ3n) is 9.54. The maximum Gasteiger partial charge on any atom is 0.261 e. The molecule has 2 aliphatic carbocycles. The second kappa shape index (κ2) is 10.4. The molecule has 2 aliphatic heterocycles. The van der Waals surface area contributed by atoms with Gasteiger partial charge in [-0.15, -0.1) is 0 Å². The molecular formula is C31H37ClN2O3S. The Morgan fingerprint density at radius 1 is 1.18 bits per heavy atom. The first-order chi connectivity index (χ1) is 18.4. The van der Waals surface area contributed by atoms with E-state index in [-0.39, 0.29) is 22.8 Å². The van der Waals surface area contributed by atoms with Gasteiger partial charge in [-0.3, -0.25) is 9.52 Å². The Morgan fingerprint density at radius 3 is 2.92 bits per heavy atom. The standard InChI is InChI=1S/C31H37ClN2O3S/c1-30-14-12-23(30)18-34-19-31(13-5-6-21-16-24(32)9-10-25(21)31)20-37-27-11-8-22(17-26(27)34)29(36)33-38-15-4-2-3-7-28(30)35/h2-3,8-11,16-17,23,28,35H,4-7,12-15,18-20H2,1H3,(H,33,36)/b3-2-/t23-,28-,30+,31-/m0/s1. The van der Waals surface area contributed by atoms with Gasteiger partial charge in [0.15, 0.2) is 0 Å². The van der Waals surface area contributed by atoms with Crippen molar-refractivity contribution in [3.8, 4) is 5.75 Å². The summed E-state index contributed by atoms with van der Waals surface area (Å²) in [7, 11) is 0. The van der Waals surface area contributed by atoms with Gasteiger partial charge in [0.25, 0.3) is 5.91 Å². The molecular weight excluding hydrogens is 516 g/mol. The molecule has 7 heteroatoms. The van der Waals surface area contributed by atoms with Gasteiger partial charge in [-0.2, -0.15) is 0 Å². The highest BCUT2D eigenvalue weighted by molar-refractivity contribution is 7.97. The molecule has 1 fully saturated rings. The summed E-state index contributed by atoms with van der Waals surface area (Å²) < 4.78 is 9.58. The van der Waals surface area contributed by atoms with Crippen molar-refractivity contribution in [1.82, 2.24) is 4.72 Å². The van der Waals surface area contributed by atoms with Gasteiger partial charge in [-0.1, -0.05) is 36.7 Å². The Hall–Kier alpha value is -2.15. The summed E-state index contributed by atoms with van der Waals surface area (Å²) in [6.45, 7) is 4.50. The number of carbonyl (C=O) groups excluding carboxylic acids is 1. The molecule has 4 atom stereocenters. The van der Waals surface area contributed by atoms with Crippen LogP contribution in [0.3, 0.4) is 0 Å². The van der Waals surface area contributed by atoms with Crippen molar-refractivity contribution >= 4 is 35.1 Å². The van der Waals surface area contributed by atoms with Crippen LogP contribution in [0.25, 0.3) is 0 Å². The highest BCUT2D eigenvalue weighted by Crippen LogP contribution is 2.52. The van der Waals surface area contributed by atoms with E-state index in [9.17, 15) is 9.90 Å². The quantitative estimate of drug-likeness (QED) is 0.296. The SMILES string of the molecule is C[C@@]12CC[C@H]1CN1C[C@@]3(CCCc4cc(Cl)ccc43)COc3ccc(cc31)C(=O)NSCC/C=C\C[C@@H]2O. The number of halogens is 1. The summed E-state index contributed by atoms with van der Waals surface area (Å²) >= 11 is 7.83. The number of carbonyl (C=O) groups is 1. The second-order valence-electron chi connectivity index (χ2n) is 11.8. The molecule has 0 unspecified atom stereocenters. The van der Waals surface area contributed by atoms with Gasteiger partial charge < -0.3 is 14.7 Å². The maximum atomic E-state index is 13.0. The van der Waals surface area contributed by atoms with Crippen LogP contribution < -0.4 is 14.4 Å². The van der Waals surface area contributed by atoms with Crippen LogP contribution in [0.5, 0.6) is 5.75 Å². The molecule has 202 valence electrons. The van der Waals surface area contributed by atoms with Crippen LogP contribution in [0, 0.1) is 11.3 Å². The predicted molar refractivity (Wildman–Crippen MR) is 155 cm³/mol. The average Bonchev–Trinajstić information content (AvgIpc) is 3.06. The number of allylic oxidation sites excluding steroid dienone is 1. The van der Waals surface area contributed by atoms with Gasteiger partial charge in [-0.25, -0.2) is 0 Å². The summed E-state index contributed by atoms with van der Waals surface area (Å²) in [4.78, 5) is 15.5. The molecule has 2 N–H and O–H groups in total. The van der Waals surface area contributed by atoms with Crippen LogP contribution in [-0.2, 0) is 11.8 Å². The third kappa shape index (κ3) is 4.73. The van der Waals surface area contributed by atoms with Crippen molar-refractivity contribution in [2.24, 2.45) is 11.3 Å². The number of hydrogen-bond acceptors (Lipinski definition) is 5. The Kier molecular flexibility index (Phi) is 7.17. The molecule has 1 amide bonds. The molecule has 1 saturated carbocycles. The fourth-order valence-corrected chi connectivity index (χ4v) is 7.78. The summed E-state index contributed by atoms with van der Waals surface area (Å²) in [5.41, 5.74) is 4.01. The van der Waals surface area contributed by atoms with Gasteiger partial charge in [0.2, 0.25) is 0 Å². The Balaban J connectivity index is 1.41. The highest BCUT2D eigenvalue weighted by Gasteiger charge is 2.49. The van der Waals surface area contributed by atoms with Gasteiger partial charge in [-0.05, 0) is 110 Å². The van der Waals surface area contributed by atoms with Gasteiger partial charge >= 0.3 is 0 Å². The minimum atomic E-state index is -0.363. The number of aliphatic hydroxyl groups is 1. The highest BCUT2D eigenvalue weighted by atomic mass is 35.5. The molecule has 5 nitrogen and oxygen atoms in total. The molecule has 1 spiro atoms. The number of amides is 1. The zero-order valence-electron chi connectivity index (χ0n) is 22.0. The number of aliphatic hydroxyl groups excluding tert-OH is 1. The summed E-state index contributed by atoms with van der Waals surface area (Å²) in [5, 5.41) is 12.0. The van der Waals surface area contributed by atoms with Crippen LogP contribution in [0.2, 0.25) is 5.02 Å². The number of benzene rings is 2. The molecule has 2 aromatic carbocycles. The van der Waals surface area contributed by atoms with Gasteiger partial charge in [0, 0.05) is 34.8 Å². The number of ether oxygens (including phenoxy) is 1. The Labute approximate surface area is 235 Å². The van der Waals surface area contributed by atoms with Crippen molar-refractivity contribution in [3.05, 3.63) is 70.3 Å². The molecule has 38 heavy (non-hydrogen) atoms. The molecule has 0 aromatic heterocycles. The predicted octanol–water partition coefficient (Wildman–Crippen LogP) is 6.32. The van der Waals surface area contributed by atoms with Crippen molar-refractivity contribution in [2.75, 3.05) is 30.3 Å². The van der Waals surface area contributed by atoms with Crippen molar-refractivity contribution < 1.29 is 14.6 Å². The fourth-order valence-electron chi connectivity index (χ4n) is 6.98. The van der Waals surface area contributed by atoms with E-state index in [1.165, 1.54) is 23.1 Å². The van der Waals surface area contributed by atoms with Crippen LogP contribution in [0.15, 0.2) is 48.6 Å². The number of hydrogen-bond donors (Lipinski definition) is 2. The van der Waals surface area contributed by atoms with Crippen molar-refractivity contribution in [2.45, 2.75) is 63.4 Å². The number of anilines is 1. The molecule has 4 aliphatic rings. The van der Waals surface area contributed by atoms with Gasteiger partial charge in [0.05, 0.1) is 18.4 Å². The molecule has 6 rings (SSSR count). The number of nitrogens with zero attached hydrogens (tertiary/aromatic N) is 1. The lowest BCUT2D eigenvalue weighted by molar-refractivity contribution is -0.0695. The Morgan fingerprint density at radius 2 is 2.08 bits per heavy atom. The molecule has 2 aromatic rings. The molecule has 0 saturated heterocycles. The van der Waals surface area contributed by atoms with Crippen LogP contribution in [-0.4, -0.2) is 42.6 Å². The smallest absolute Gasteiger partial charge is 0.261 e. The van der Waals surface area contributed by atoms with E-state index in [1.807, 2.05) is 24.3 Å². The number of aryl methyl sites for hydroxylation is 1. The lowest BCUT2D eigenvalue weighted by atomic mass is 9.57. The topological polar surface area (TPSA) is 61.8 Å². The fraction of sp³-hybridized carbons (Fsp3) is 0.516. The first-order valence-corrected chi connectivity index (χ1v) is 15.3. The number of fused-ring (bicyclic) bond motifs is 4. The van der Waals surface area contributed by atoms with Crippen LogP contribution >= 0.6 is 23.5 Å². The van der Waals surface area contributed by atoms with Crippen LogP contribution in [0.1, 0.15) is 66.9 Å². The summed E-state index contributed by atoms with van der Waals surface area (Å²) in [6, 6.07) is 12.2. The summed E-state index contributed by atoms with van der Waals surface area (Å²) in [5.74, 6) is 1.92. The summed E-state index contributed by atoms with van der Waals surface area (Å²) in [6.07, 6.45) is 10.7. The first kappa shape index (κ1) is 26.1. The van der Waals surface area contributed by atoms with E-state index in [2.05, 4.69) is 40.8 Å². The number of rotatable bonds is 0. The first-order valence-electron chi connectivity index (χ1n) is 13.9. The van der Waals surface area contributed by atoms with E-state index in [1.54, 1.807) is 0 Å². The average molecular weight is 553 g/mol. The second-order valence-corrected chi connectivity index (χ2v) is 13.2. The lowest BCUT2D eigenvalue weighted by Gasteiger charge is -2.52. The van der Waals surface area contributed by atoms with E-state index in [0.717, 1.165) is 73.8 Å². The van der Waals surface area contributed by atoms with Crippen molar-refractivity contribution in [3.63, 3.8) is 0 Å². The van der Waals surface area contributed by atoms with E-state index in [4.69, 9.17) is 16.3 Å². The van der Waals surface area contributed by atoms with Crippen LogP contribution in [0.4, 0.5) is 5.69 Å². The van der Waals surface area contributed by atoms with Crippen molar-refractivity contribution in [1.29, 1.82) is 0 Å². The maximum absolute atomic E-state index is 13.0. The normalized spacial score (nSPS) is 32.2. The zero-order valence-corrected chi connectivity index (χ0v) is 23.6. The van der Waals surface area contributed by atoms with E-state index < -0.39 is 0 Å². The Bertz CT molecular complexity index is 1250. The zero-order chi connectivity index (χ0) is 26.3. The van der Waals surface area contributed by atoms with Gasteiger partial charge in [0.1, 0.15) is 5.75 Å². The molecule has 2 bridgehead atoms. The molecule has 2 heterocycles. The monoisotopic (exact) mass is 552 g/mol. The van der Waals surface area contributed by atoms with E-state index in [0.29, 0.717) is 24.5 Å². The van der Waals surface area contributed by atoms with E-state index >= 15 is 0 Å². The third-order valence-corrected chi connectivity index (χ3v) is 10.5.